The highest BCUT2D eigenvalue weighted by atomic mass is 31.2. The summed E-state index contributed by atoms with van der Waals surface area (Å²) >= 11 is 0. The molecular weight excluding hydrogens is 371 g/mol. The van der Waals surface area contributed by atoms with Crippen LogP contribution in [0.25, 0.3) is 0 Å². The summed E-state index contributed by atoms with van der Waals surface area (Å²) < 4.78 is 6.05. The van der Waals surface area contributed by atoms with E-state index >= 15 is 0 Å². The van der Waals surface area contributed by atoms with Gasteiger partial charge in [0.25, 0.3) is 0 Å². The largest absolute Gasteiger partial charge is 0.347 e. The molecule has 2 heteroatoms. The van der Waals surface area contributed by atoms with Crippen molar-refractivity contribution in [3.63, 3.8) is 0 Å². The maximum absolute atomic E-state index is 6.05. The zero-order valence-corrected chi connectivity index (χ0v) is 22.2. The van der Waals surface area contributed by atoms with Crippen LogP contribution in [0.5, 0.6) is 0 Å². The number of rotatable bonds is 23. The Kier molecular flexibility index (Phi) is 21.9. The van der Waals surface area contributed by atoms with E-state index in [-0.39, 0.29) is 0 Å². The van der Waals surface area contributed by atoms with Crippen LogP contribution in [-0.2, 0) is 4.74 Å². The Labute approximate surface area is 186 Å². The second-order valence-corrected chi connectivity index (χ2v) is 14.0. The van der Waals surface area contributed by atoms with Gasteiger partial charge in [-0.1, -0.05) is 97.8 Å². The minimum Gasteiger partial charge on any atom is -0.347 e. The highest BCUT2D eigenvalue weighted by molar-refractivity contribution is 7.76. The van der Waals surface area contributed by atoms with Crippen LogP contribution < -0.4 is 0 Å². The van der Waals surface area contributed by atoms with Crippen molar-refractivity contribution in [3.8, 4) is 0 Å². The second-order valence-electron chi connectivity index (χ2n) is 9.53. The highest BCUT2D eigenvalue weighted by Gasteiger charge is 2.41. The van der Waals surface area contributed by atoms with E-state index in [1.165, 1.54) is 134 Å². The van der Waals surface area contributed by atoms with Crippen molar-refractivity contribution < 1.29 is 4.74 Å². The zero-order chi connectivity index (χ0) is 21.6. The van der Waals surface area contributed by atoms with Gasteiger partial charge in [-0.2, -0.15) is 0 Å². The minimum atomic E-state index is -0.976. The van der Waals surface area contributed by atoms with Gasteiger partial charge in [0, 0.05) is 14.4 Å². The first-order valence-electron chi connectivity index (χ1n) is 13.5. The Hall–Kier alpha value is 0.390. The van der Waals surface area contributed by atoms with E-state index in [1.807, 2.05) is 7.11 Å². The van der Waals surface area contributed by atoms with E-state index in [9.17, 15) is 0 Å². The maximum Gasteiger partial charge on any atom is 0.163 e. The van der Waals surface area contributed by atoms with Crippen LogP contribution >= 0.6 is 7.26 Å². The maximum atomic E-state index is 6.05. The van der Waals surface area contributed by atoms with Crippen LogP contribution in [0.4, 0.5) is 0 Å². The molecule has 176 valence electrons. The fraction of sp³-hybridized carbons (Fsp3) is 1.00. The zero-order valence-electron chi connectivity index (χ0n) is 21.3. The summed E-state index contributed by atoms with van der Waals surface area (Å²) in [5.41, 5.74) is 0. The molecule has 0 aliphatic carbocycles. The Balaban J connectivity index is 4.62. The van der Waals surface area contributed by atoms with Crippen LogP contribution in [0, 0.1) is 0 Å². The second kappa shape index (κ2) is 21.6. The molecule has 1 nitrogen and oxygen atoms in total. The summed E-state index contributed by atoms with van der Waals surface area (Å²) in [5, 5.41) is 0. The van der Waals surface area contributed by atoms with Crippen molar-refractivity contribution in [1.82, 2.24) is 0 Å². The summed E-state index contributed by atoms with van der Waals surface area (Å²) in [6.07, 6.45) is 30.2. The van der Waals surface area contributed by atoms with E-state index in [0.29, 0.717) is 5.85 Å². The molecule has 0 aromatic rings. The number of unbranched alkanes of at least 4 members (excludes halogenated alkanes) is 15. The molecule has 0 aromatic carbocycles. The first-order valence-corrected chi connectivity index (χ1v) is 16.0. The van der Waals surface area contributed by atoms with Gasteiger partial charge >= 0.3 is 0 Å². The quantitative estimate of drug-likeness (QED) is 0.116. The van der Waals surface area contributed by atoms with Crippen molar-refractivity contribution in [1.29, 1.82) is 0 Å². The minimum absolute atomic E-state index is 0.518. The summed E-state index contributed by atoms with van der Waals surface area (Å²) in [6, 6.07) is 0. The van der Waals surface area contributed by atoms with Crippen LogP contribution in [0.2, 0.25) is 0 Å². The standard InChI is InChI=1S/C27H58OP/c1-6-9-12-15-18-21-24-29(27(4)28-5,25-22-19-16-13-10-7-2)26-23-20-17-14-11-8-3/h27H,6-26H2,1-5H3/q+1. The average molecular weight is 430 g/mol. The molecule has 0 saturated carbocycles. The van der Waals surface area contributed by atoms with Gasteiger partial charge in [-0.15, -0.1) is 0 Å². The molecule has 0 bridgehead atoms. The predicted octanol–water partition coefficient (Wildman–Crippen LogP) is 10.1. The average Bonchev–Trinajstić information content (AvgIpc) is 2.74. The molecule has 29 heavy (non-hydrogen) atoms. The van der Waals surface area contributed by atoms with Gasteiger partial charge < -0.3 is 4.74 Å². The SMILES string of the molecule is CCCCCCCC[P+](CCCCCCCC)(CCCCCCCC)C(C)OC. The van der Waals surface area contributed by atoms with Crippen LogP contribution in [0.15, 0.2) is 0 Å². The molecule has 0 radical (unpaired) electrons. The van der Waals surface area contributed by atoms with Gasteiger partial charge in [0.2, 0.25) is 0 Å². The molecule has 0 rings (SSSR count). The van der Waals surface area contributed by atoms with Crippen molar-refractivity contribution in [2.45, 2.75) is 149 Å². The Morgan fingerprint density at radius 3 is 1.03 bits per heavy atom. The molecule has 0 N–H and O–H groups in total. The summed E-state index contributed by atoms with van der Waals surface area (Å²) in [6.45, 7) is 9.37. The van der Waals surface area contributed by atoms with Gasteiger partial charge in [0.15, 0.2) is 5.85 Å². The first kappa shape index (κ1) is 29.4. The van der Waals surface area contributed by atoms with Crippen LogP contribution in [0.3, 0.4) is 0 Å². The van der Waals surface area contributed by atoms with Crippen LogP contribution in [0.1, 0.15) is 143 Å². The molecule has 0 aliphatic rings. The number of hydrogen-bond acceptors (Lipinski definition) is 1. The monoisotopic (exact) mass is 429 g/mol. The lowest BCUT2D eigenvalue weighted by Gasteiger charge is -2.32. The van der Waals surface area contributed by atoms with Gasteiger partial charge in [0.05, 0.1) is 18.5 Å². The third-order valence-corrected chi connectivity index (χ3v) is 12.4. The third-order valence-electron chi connectivity index (χ3n) is 6.98. The van der Waals surface area contributed by atoms with Gasteiger partial charge in [-0.25, -0.2) is 0 Å². The number of methoxy groups -OCH3 is 1. The van der Waals surface area contributed by atoms with Gasteiger partial charge in [-0.3, -0.25) is 0 Å². The molecule has 1 unspecified atom stereocenters. The van der Waals surface area contributed by atoms with E-state index in [2.05, 4.69) is 27.7 Å². The summed E-state index contributed by atoms with van der Waals surface area (Å²) in [7, 11) is 0.999. The topological polar surface area (TPSA) is 9.23 Å². The molecule has 1 atom stereocenters. The van der Waals surface area contributed by atoms with Crippen molar-refractivity contribution >= 4 is 7.26 Å². The lowest BCUT2D eigenvalue weighted by atomic mass is 10.1. The molecular formula is C27H58OP+. The fourth-order valence-corrected chi connectivity index (χ4v) is 9.49. The molecule has 0 saturated heterocycles. The van der Waals surface area contributed by atoms with Gasteiger partial charge in [-0.05, 0) is 45.4 Å². The van der Waals surface area contributed by atoms with E-state index in [1.54, 1.807) is 0 Å². The lowest BCUT2D eigenvalue weighted by molar-refractivity contribution is 0.179. The Morgan fingerprint density at radius 2 is 0.759 bits per heavy atom. The van der Waals surface area contributed by atoms with Crippen molar-refractivity contribution in [2.75, 3.05) is 25.6 Å². The van der Waals surface area contributed by atoms with E-state index < -0.39 is 7.26 Å². The Bertz CT molecular complexity index is 277. The van der Waals surface area contributed by atoms with Crippen LogP contribution in [-0.4, -0.2) is 31.4 Å². The first-order chi connectivity index (χ1) is 14.2. The van der Waals surface area contributed by atoms with E-state index in [4.69, 9.17) is 4.74 Å². The molecule has 0 amide bonds. The number of ether oxygens (including phenoxy) is 1. The predicted molar refractivity (Wildman–Crippen MR) is 138 cm³/mol. The lowest BCUT2D eigenvalue weighted by Crippen LogP contribution is -2.21. The highest BCUT2D eigenvalue weighted by Crippen LogP contribution is 2.65. The smallest absolute Gasteiger partial charge is 0.163 e. The summed E-state index contributed by atoms with van der Waals surface area (Å²) in [4.78, 5) is 0. The van der Waals surface area contributed by atoms with E-state index in [0.717, 1.165) is 0 Å². The van der Waals surface area contributed by atoms with Crippen molar-refractivity contribution in [2.24, 2.45) is 0 Å². The molecule has 0 heterocycles. The van der Waals surface area contributed by atoms with Gasteiger partial charge in [0.1, 0.15) is 0 Å². The molecule has 0 aromatic heterocycles. The summed E-state index contributed by atoms with van der Waals surface area (Å²) in [5.74, 6) is 0.518. The molecule has 0 fully saturated rings. The molecule has 0 aliphatic heterocycles. The normalized spacial score (nSPS) is 13.1. The fourth-order valence-electron chi connectivity index (χ4n) is 4.73. The Morgan fingerprint density at radius 1 is 0.483 bits per heavy atom. The van der Waals surface area contributed by atoms with Crippen molar-refractivity contribution in [3.05, 3.63) is 0 Å². The molecule has 0 spiro atoms. The third kappa shape index (κ3) is 15.8. The number of hydrogen-bond donors (Lipinski definition) is 0.